The van der Waals surface area contributed by atoms with E-state index in [1.807, 2.05) is 18.2 Å². The number of alkyl halides is 2. The molecule has 26 heavy (non-hydrogen) atoms. The highest BCUT2D eigenvalue weighted by molar-refractivity contribution is 7.86. The van der Waals surface area contributed by atoms with Crippen LogP contribution in [0.15, 0.2) is 35.2 Å². The third kappa shape index (κ3) is 5.35. The first-order chi connectivity index (χ1) is 12.3. The summed E-state index contributed by atoms with van der Waals surface area (Å²) in [7, 11) is -4.33. The van der Waals surface area contributed by atoms with Crippen LogP contribution in [0.2, 0.25) is 0 Å². The summed E-state index contributed by atoms with van der Waals surface area (Å²) >= 11 is 12.8. The molecule has 0 aliphatic rings. The van der Waals surface area contributed by atoms with Crippen molar-refractivity contribution in [1.29, 1.82) is 0 Å². The van der Waals surface area contributed by atoms with Crippen molar-refractivity contribution >= 4 is 44.1 Å². The third-order valence-corrected chi connectivity index (χ3v) is 6.18. The summed E-state index contributed by atoms with van der Waals surface area (Å²) in [5.74, 6) is 0. The molecule has 0 aliphatic heterocycles. The molecule has 0 aliphatic carbocycles. The van der Waals surface area contributed by atoms with E-state index in [1.165, 1.54) is 6.07 Å². The van der Waals surface area contributed by atoms with Gasteiger partial charge in [-0.1, -0.05) is 51.0 Å². The molecule has 2 atom stereocenters. The van der Waals surface area contributed by atoms with Crippen LogP contribution in [-0.4, -0.2) is 23.7 Å². The van der Waals surface area contributed by atoms with Crippen molar-refractivity contribution in [2.45, 2.75) is 68.0 Å². The lowest BCUT2D eigenvalue weighted by Gasteiger charge is -2.17. The van der Waals surface area contributed by atoms with Crippen LogP contribution in [0.3, 0.4) is 0 Å². The molecule has 0 spiro atoms. The Balaban J connectivity index is 2.62. The van der Waals surface area contributed by atoms with E-state index in [0.29, 0.717) is 18.2 Å². The predicted molar refractivity (Wildman–Crippen MR) is 110 cm³/mol. The Bertz CT molecular complexity index is 850. The first kappa shape index (κ1) is 21.5. The van der Waals surface area contributed by atoms with E-state index in [-0.39, 0.29) is 15.6 Å². The molecule has 2 aromatic carbocycles. The number of hydrogen-bond donors (Lipinski definition) is 1. The van der Waals surface area contributed by atoms with Gasteiger partial charge in [0.15, 0.2) is 0 Å². The smallest absolute Gasteiger partial charge is 0.282 e. The highest BCUT2D eigenvalue weighted by Crippen LogP contribution is 2.32. The third-order valence-electron chi connectivity index (χ3n) is 4.54. The summed E-state index contributed by atoms with van der Waals surface area (Å²) in [4.78, 5) is -0.0613. The molecule has 0 bridgehead atoms. The lowest BCUT2D eigenvalue weighted by atomic mass is 9.94. The van der Waals surface area contributed by atoms with Crippen LogP contribution in [0.1, 0.15) is 50.7 Å². The first-order valence-electron chi connectivity index (χ1n) is 9.07. The van der Waals surface area contributed by atoms with E-state index in [2.05, 4.69) is 13.8 Å². The van der Waals surface area contributed by atoms with Crippen LogP contribution in [-0.2, 0) is 23.0 Å². The van der Waals surface area contributed by atoms with Gasteiger partial charge in [-0.3, -0.25) is 4.55 Å². The standard InChI is InChI=1S/C20H26Cl2O3S/c1-3-6-16(21)12-14-10-11-19(26(23,24)25)20-15(8-5-9-18(14)20)13-17(22)7-4-2/h5,8-11,16-17H,3-4,6-7,12-13H2,1-2H3,(H,23,24,25). The summed E-state index contributed by atoms with van der Waals surface area (Å²) in [6.07, 6.45) is 4.90. The van der Waals surface area contributed by atoms with Crippen molar-refractivity contribution in [1.82, 2.24) is 0 Å². The minimum atomic E-state index is -4.33. The molecule has 0 saturated carbocycles. The van der Waals surface area contributed by atoms with Crippen molar-refractivity contribution in [2.75, 3.05) is 0 Å². The average Bonchev–Trinajstić information content (AvgIpc) is 2.55. The SMILES string of the molecule is CCCC(Cl)Cc1ccc(S(=O)(=O)O)c2c(CC(Cl)CCC)cccc12. The number of halogens is 2. The summed E-state index contributed by atoms with van der Waals surface area (Å²) in [6, 6.07) is 8.92. The van der Waals surface area contributed by atoms with Crippen molar-refractivity contribution in [2.24, 2.45) is 0 Å². The molecule has 3 nitrogen and oxygen atoms in total. The second-order valence-corrected chi connectivity index (χ2v) is 9.34. The maximum absolute atomic E-state index is 11.9. The molecule has 0 aromatic heterocycles. The Morgan fingerprint density at radius 2 is 1.50 bits per heavy atom. The normalized spacial score (nSPS) is 14.5. The van der Waals surface area contributed by atoms with E-state index in [4.69, 9.17) is 23.2 Å². The zero-order chi connectivity index (χ0) is 19.3. The largest absolute Gasteiger partial charge is 0.295 e. The van der Waals surface area contributed by atoms with Crippen LogP contribution in [0.4, 0.5) is 0 Å². The number of benzene rings is 2. The predicted octanol–water partition coefficient (Wildman–Crippen LogP) is 5.99. The van der Waals surface area contributed by atoms with E-state index in [0.717, 1.165) is 42.2 Å². The summed E-state index contributed by atoms with van der Waals surface area (Å²) in [6.45, 7) is 4.15. The van der Waals surface area contributed by atoms with Gasteiger partial charge in [-0.05, 0) is 48.3 Å². The highest BCUT2D eigenvalue weighted by atomic mass is 35.5. The Hall–Kier alpha value is -0.810. The van der Waals surface area contributed by atoms with Crippen molar-refractivity contribution in [3.63, 3.8) is 0 Å². The van der Waals surface area contributed by atoms with Crippen LogP contribution in [0.25, 0.3) is 10.8 Å². The molecule has 6 heteroatoms. The van der Waals surface area contributed by atoms with Gasteiger partial charge in [-0.25, -0.2) is 0 Å². The molecule has 144 valence electrons. The summed E-state index contributed by atoms with van der Waals surface area (Å²) < 4.78 is 33.6. The number of rotatable bonds is 9. The maximum Gasteiger partial charge on any atom is 0.295 e. The molecule has 0 saturated heterocycles. The summed E-state index contributed by atoms with van der Waals surface area (Å²) in [5.41, 5.74) is 1.83. The number of hydrogen-bond acceptors (Lipinski definition) is 2. The van der Waals surface area contributed by atoms with Gasteiger partial charge in [0.05, 0.1) is 0 Å². The molecule has 0 amide bonds. The Morgan fingerprint density at radius 1 is 0.923 bits per heavy atom. The Labute approximate surface area is 166 Å². The fraction of sp³-hybridized carbons (Fsp3) is 0.500. The van der Waals surface area contributed by atoms with E-state index in [9.17, 15) is 13.0 Å². The zero-order valence-electron chi connectivity index (χ0n) is 15.2. The first-order valence-corrected chi connectivity index (χ1v) is 11.4. The van der Waals surface area contributed by atoms with Gasteiger partial charge in [0.1, 0.15) is 4.90 Å². The second-order valence-electron chi connectivity index (χ2n) is 6.72. The fourth-order valence-corrected chi connectivity index (χ4v) is 4.89. The van der Waals surface area contributed by atoms with Crippen LogP contribution in [0, 0.1) is 0 Å². The average molecular weight is 417 g/mol. The molecule has 0 fully saturated rings. The topological polar surface area (TPSA) is 54.4 Å². The molecule has 1 N–H and O–H groups in total. The number of fused-ring (bicyclic) bond motifs is 1. The molecular weight excluding hydrogens is 391 g/mol. The van der Waals surface area contributed by atoms with E-state index in [1.54, 1.807) is 6.07 Å². The van der Waals surface area contributed by atoms with Crippen LogP contribution < -0.4 is 0 Å². The monoisotopic (exact) mass is 416 g/mol. The van der Waals surface area contributed by atoms with Crippen LogP contribution >= 0.6 is 23.2 Å². The Kier molecular flexibility index (Phi) is 7.77. The summed E-state index contributed by atoms with van der Waals surface area (Å²) in [5, 5.41) is 1.29. The molecule has 0 radical (unpaired) electrons. The van der Waals surface area contributed by atoms with Gasteiger partial charge >= 0.3 is 0 Å². The molecule has 2 aromatic rings. The second kappa shape index (κ2) is 9.41. The quantitative estimate of drug-likeness (QED) is 0.403. The van der Waals surface area contributed by atoms with Gasteiger partial charge < -0.3 is 0 Å². The van der Waals surface area contributed by atoms with E-state index < -0.39 is 10.1 Å². The minimum Gasteiger partial charge on any atom is -0.282 e. The molecular formula is C20H26Cl2O3S. The van der Waals surface area contributed by atoms with Gasteiger partial charge in [0, 0.05) is 16.1 Å². The van der Waals surface area contributed by atoms with Crippen LogP contribution in [0.5, 0.6) is 0 Å². The molecule has 2 rings (SSSR count). The minimum absolute atomic E-state index is 0.00990. The van der Waals surface area contributed by atoms with Crippen molar-refractivity contribution < 1.29 is 13.0 Å². The lowest BCUT2D eigenvalue weighted by molar-refractivity contribution is 0.484. The molecule has 0 heterocycles. The highest BCUT2D eigenvalue weighted by Gasteiger charge is 2.20. The van der Waals surface area contributed by atoms with Gasteiger partial charge in [-0.15, -0.1) is 23.2 Å². The van der Waals surface area contributed by atoms with Crippen molar-refractivity contribution in [3.05, 3.63) is 41.5 Å². The molecule has 2 unspecified atom stereocenters. The Morgan fingerprint density at radius 3 is 2.04 bits per heavy atom. The maximum atomic E-state index is 11.9. The van der Waals surface area contributed by atoms with Gasteiger partial charge in [-0.2, -0.15) is 8.42 Å². The van der Waals surface area contributed by atoms with Crippen molar-refractivity contribution in [3.8, 4) is 0 Å². The lowest BCUT2D eigenvalue weighted by Crippen LogP contribution is -2.09. The van der Waals surface area contributed by atoms with Gasteiger partial charge in [0.2, 0.25) is 0 Å². The van der Waals surface area contributed by atoms with E-state index >= 15 is 0 Å². The van der Waals surface area contributed by atoms with Gasteiger partial charge in [0.25, 0.3) is 10.1 Å². The fourth-order valence-electron chi connectivity index (χ4n) is 3.38. The zero-order valence-corrected chi connectivity index (χ0v) is 17.5.